The van der Waals surface area contributed by atoms with Crippen LogP contribution in [0, 0.1) is 11.8 Å². The topological polar surface area (TPSA) is 9.23 Å². The zero-order valence-electron chi connectivity index (χ0n) is 8.63. The third kappa shape index (κ3) is 2.10. The number of methoxy groups -OCH3 is 1. The molecule has 70 valence electrons. The minimum Gasteiger partial charge on any atom is -0.374 e. The molecule has 0 aromatic rings. The molecule has 0 bridgehead atoms. The maximum absolute atomic E-state index is 5.42. The van der Waals surface area contributed by atoms with Crippen molar-refractivity contribution in [2.75, 3.05) is 7.11 Å². The van der Waals surface area contributed by atoms with Crippen LogP contribution in [0.1, 0.15) is 33.6 Å². The van der Waals surface area contributed by atoms with E-state index in [0.717, 1.165) is 18.3 Å². The van der Waals surface area contributed by atoms with E-state index in [2.05, 4.69) is 32.9 Å². The summed E-state index contributed by atoms with van der Waals surface area (Å²) in [6, 6.07) is 0. The Labute approximate surface area is 75.8 Å². The van der Waals surface area contributed by atoms with Crippen LogP contribution in [0.3, 0.4) is 0 Å². The molecule has 1 aliphatic rings. The van der Waals surface area contributed by atoms with Gasteiger partial charge < -0.3 is 4.74 Å². The summed E-state index contributed by atoms with van der Waals surface area (Å²) in [6.07, 6.45) is 6.96. The van der Waals surface area contributed by atoms with E-state index in [9.17, 15) is 0 Å². The van der Waals surface area contributed by atoms with Crippen LogP contribution in [0.2, 0.25) is 0 Å². The third-order valence-corrected chi connectivity index (χ3v) is 2.99. The average Bonchev–Trinajstić information content (AvgIpc) is 2.05. The van der Waals surface area contributed by atoms with Crippen molar-refractivity contribution in [3.05, 3.63) is 12.2 Å². The van der Waals surface area contributed by atoms with Gasteiger partial charge in [0.05, 0.1) is 5.60 Å². The smallest absolute Gasteiger partial charge is 0.0830 e. The molecule has 0 heterocycles. The van der Waals surface area contributed by atoms with Gasteiger partial charge in [-0.15, -0.1) is 0 Å². The van der Waals surface area contributed by atoms with Crippen molar-refractivity contribution in [1.29, 1.82) is 0 Å². The second-order valence-corrected chi connectivity index (χ2v) is 4.32. The number of ether oxygens (including phenoxy) is 1. The van der Waals surface area contributed by atoms with E-state index in [4.69, 9.17) is 4.74 Å². The molecule has 0 radical (unpaired) electrons. The summed E-state index contributed by atoms with van der Waals surface area (Å²) in [5.74, 6) is 1.52. The largest absolute Gasteiger partial charge is 0.374 e. The molecule has 1 rings (SSSR count). The fraction of sp³-hybridized carbons (Fsp3) is 0.818. The Morgan fingerprint density at radius 3 is 2.50 bits per heavy atom. The van der Waals surface area contributed by atoms with E-state index >= 15 is 0 Å². The maximum Gasteiger partial charge on any atom is 0.0830 e. The number of allylic oxidation sites excluding steroid dienone is 1. The van der Waals surface area contributed by atoms with Crippen molar-refractivity contribution in [3.63, 3.8) is 0 Å². The average molecular weight is 168 g/mol. The lowest BCUT2D eigenvalue weighted by Gasteiger charge is -2.32. The Balaban J connectivity index is 2.58. The molecule has 12 heavy (non-hydrogen) atoms. The van der Waals surface area contributed by atoms with Crippen molar-refractivity contribution in [1.82, 2.24) is 0 Å². The third-order valence-electron chi connectivity index (χ3n) is 2.99. The van der Waals surface area contributed by atoms with Gasteiger partial charge in [0.15, 0.2) is 0 Å². The second-order valence-electron chi connectivity index (χ2n) is 4.32. The number of hydrogen-bond acceptors (Lipinski definition) is 1. The SMILES string of the molecule is COC1(C)C=CC(C(C)C)CC1. The molecular formula is C11H20O. The van der Waals surface area contributed by atoms with Crippen LogP contribution in [-0.4, -0.2) is 12.7 Å². The van der Waals surface area contributed by atoms with Crippen LogP contribution in [0.4, 0.5) is 0 Å². The Bertz CT molecular complexity index is 172. The molecule has 0 aromatic carbocycles. The normalized spacial score (nSPS) is 35.9. The first kappa shape index (κ1) is 9.79. The summed E-state index contributed by atoms with van der Waals surface area (Å²) in [5, 5.41) is 0. The van der Waals surface area contributed by atoms with Gasteiger partial charge in [-0.1, -0.05) is 26.0 Å². The summed E-state index contributed by atoms with van der Waals surface area (Å²) >= 11 is 0. The van der Waals surface area contributed by atoms with Crippen LogP contribution in [0.5, 0.6) is 0 Å². The fourth-order valence-electron chi connectivity index (χ4n) is 1.69. The van der Waals surface area contributed by atoms with Gasteiger partial charge in [-0.05, 0) is 31.6 Å². The van der Waals surface area contributed by atoms with Gasteiger partial charge in [0.1, 0.15) is 0 Å². The lowest BCUT2D eigenvalue weighted by Crippen LogP contribution is -2.29. The summed E-state index contributed by atoms with van der Waals surface area (Å²) in [6.45, 7) is 6.72. The minimum absolute atomic E-state index is 0.00535. The highest BCUT2D eigenvalue weighted by Crippen LogP contribution is 2.31. The van der Waals surface area contributed by atoms with Gasteiger partial charge in [-0.25, -0.2) is 0 Å². The van der Waals surface area contributed by atoms with Gasteiger partial charge in [0, 0.05) is 7.11 Å². The Hall–Kier alpha value is -0.300. The van der Waals surface area contributed by atoms with Crippen LogP contribution in [-0.2, 0) is 4.74 Å². The first-order chi connectivity index (χ1) is 5.57. The molecule has 0 fully saturated rings. The molecule has 1 nitrogen and oxygen atoms in total. The van der Waals surface area contributed by atoms with E-state index in [1.165, 1.54) is 6.42 Å². The van der Waals surface area contributed by atoms with Crippen LogP contribution in [0.15, 0.2) is 12.2 Å². The van der Waals surface area contributed by atoms with E-state index in [1.54, 1.807) is 7.11 Å². The summed E-state index contributed by atoms with van der Waals surface area (Å²) in [7, 11) is 1.79. The Kier molecular flexibility index (Phi) is 2.94. The zero-order valence-corrected chi connectivity index (χ0v) is 8.63. The number of rotatable bonds is 2. The first-order valence-electron chi connectivity index (χ1n) is 4.82. The van der Waals surface area contributed by atoms with E-state index < -0.39 is 0 Å². The molecule has 2 atom stereocenters. The highest BCUT2D eigenvalue weighted by atomic mass is 16.5. The second kappa shape index (κ2) is 3.61. The van der Waals surface area contributed by atoms with E-state index in [0.29, 0.717) is 0 Å². The molecule has 0 saturated heterocycles. The highest BCUT2D eigenvalue weighted by molar-refractivity contribution is 5.07. The fourth-order valence-corrected chi connectivity index (χ4v) is 1.69. The van der Waals surface area contributed by atoms with Crippen LogP contribution >= 0.6 is 0 Å². The molecule has 1 aliphatic carbocycles. The van der Waals surface area contributed by atoms with Crippen LogP contribution in [0.25, 0.3) is 0 Å². The first-order valence-corrected chi connectivity index (χ1v) is 4.82. The summed E-state index contributed by atoms with van der Waals surface area (Å²) in [5.41, 5.74) is 0.00535. The standard InChI is InChI=1S/C11H20O/c1-9(2)10-5-7-11(3,12-4)8-6-10/h5,7,9-10H,6,8H2,1-4H3. The lowest BCUT2D eigenvalue weighted by atomic mass is 9.81. The molecular weight excluding hydrogens is 148 g/mol. The maximum atomic E-state index is 5.42. The highest BCUT2D eigenvalue weighted by Gasteiger charge is 2.26. The van der Waals surface area contributed by atoms with Crippen molar-refractivity contribution in [2.45, 2.75) is 39.2 Å². The molecule has 0 aliphatic heterocycles. The quantitative estimate of drug-likeness (QED) is 0.576. The lowest BCUT2D eigenvalue weighted by molar-refractivity contribution is 0.0295. The van der Waals surface area contributed by atoms with Crippen molar-refractivity contribution >= 4 is 0 Å². The van der Waals surface area contributed by atoms with Crippen molar-refractivity contribution in [3.8, 4) is 0 Å². The Morgan fingerprint density at radius 2 is 2.17 bits per heavy atom. The van der Waals surface area contributed by atoms with Gasteiger partial charge >= 0.3 is 0 Å². The van der Waals surface area contributed by atoms with Crippen molar-refractivity contribution in [2.24, 2.45) is 11.8 Å². The van der Waals surface area contributed by atoms with Gasteiger partial charge in [-0.2, -0.15) is 0 Å². The molecule has 0 amide bonds. The van der Waals surface area contributed by atoms with Crippen molar-refractivity contribution < 1.29 is 4.74 Å². The number of hydrogen-bond donors (Lipinski definition) is 0. The summed E-state index contributed by atoms with van der Waals surface area (Å²) in [4.78, 5) is 0. The molecule has 0 N–H and O–H groups in total. The predicted octanol–water partition coefficient (Wildman–Crippen LogP) is 3.01. The monoisotopic (exact) mass is 168 g/mol. The van der Waals surface area contributed by atoms with E-state index in [1.807, 2.05) is 0 Å². The van der Waals surface area contributed by atoms with Gasteiger partial charge in [0.2, 0.25) is 0 Å². The predicted molar refractivity (Wildman–Crippen MR) is 52.1 cm³/mol. The molecule has 1 heteroatoms. The zero-order chi connectivity index (χ0) is 9.19. The molecule has 0 aromatic heterocycles. The minimum atomic E-state index is 0.00535. The Morgan fingerprint density at radius 1 is 1.50 bits per heavy atom. The molecule has 2 unspecified atom stereocenters. The van der Waals surface area contributed by atoms with E-state index in [-0.39, 0.29) is 5.60 Å². The van der Waals surface area contributed by atoms with Gasteiger partial charge in [0.25, 0.3) is 0 Å². The molecule has 0 saturated carbocycles. The van der Waals surface area contributed by atoms with Gasteiger partial charge in [-0.3, -0.25) is 0 Å². The molecule has 0 spiro atoms. The summed E-state index contributed by atoms with van der Waals surface area (Å²) < 4.78 is 5.42. The van der Waals surface area contributed by atoms with Crippen LogP contribution < -0.4 is 0 Å².